The number of rotatable bonds is 3. The molecule has 1 aromatic rings. The van der Waals surface area contributed by atoms with Crippen molar-refractivity contribution in [3.63, 3.8) is 0 Å². The molecule has 0 unspecified atom stereocenters. The van der Waals surface area contributed by atoms with E-state index in [1.807, 2.05) is 6.92 Å². The monoisotopic (exact) mass is 327 g/mol. The summed E-state index contributed by atoms with van der Waals surface area (Å²) in [4.78, 5) is 12.2. The molecule has 19 heavy (non-hydrogen) atoms. The first-order chi connectivity index (χ1) is 9.01. The fourth-order valence-corrected chi connectivity index (χ4v) is 3.04. The molecular formula is C15H19BrFNO. The van der Waals surface area contributed by atoms with E-state index in [0.717, 1.165) is 30.2 Å². The van der Waals surface area contributed by atoms with Crippen LogP contribution in [0.4, 0.5) is 4.39 Å². The van der Waals surface area contributed by atoms with Crippen LogP contribution in [0.3, 0.4) is 0 Å². The lowest BCUT2D eigenvalue weighted by Gasteiger charge is -2.32. The third-order valence-electron chi connectivity index (χ3n) is 3.95. The molecule has 0 radical (unpaired) electrons. The van der Waals surface area contributed by atoms with Gasteiger partial charge in [-0.3, -0.25) is 4.79 Å². The molecule has 1 N–H and O–H groups in total. The minimum absolute atomic E-state index is 0.0478. The average Bonchev–Trinajstić information content (AvgIpc) is 2.40. The van der Waals surface area contributed by atoms with Gasteiger partial charge in [-0.05, 0) is 31.0 Å². The van der Waals surface area contributed by atoms with Gasteiger partial charge in [0, 0.05) is 22.0 Å². The Morgan fingerprint density at radius 3 is 2.74 bits per heavy atom. The van der Waals surface area contributed by atoms with Gasteiger partial charge in [-0.15, -0.1) is 0 Å². The second-order valence-corrected chi connectivity index (χ2v) is 6.46. The van der Waals surface area contributed by atoms with E-state index in [1.165, 1.54) is 12.5 Å². The van der Waals surface area contributed by atoms with Crippen molar-refractivity contribution >= 4 is 21.8 Å². The summed E-state index contributed by atoms with van der Waals surface area (Å²) in [6.07, 6.45) is 5.28. The SMILES string of the molecule is CC1(C(=O)NCc2cc(Br)ccc2F)CCCCC1. The summed E-state index contributed by atoms with van der Waals surface area (Å²) in [5.74, 6) is -0.233. The molecule has 4 heteroatoms. The maximum Gasteiger partial charge on any atom is 0.226 e. The summed E-state index contributed by atoms with van der Waals surface area (Å²) in [6.45, 7) is 2.26. The zero-order chi connectivity index (χ0) is 13.9. The molecule has 1 amide bonds. The molecule has 0 bridgehead atoms. The molecule has 0 aromatic heterocycles. The molecule has 104 valence electrons. The third kappa shape index (κ3) is 3.56. The van der Waals surface area contributed by atoms with Crippen LogP contribution < -0.4 is 5.32 Å². The van der Waals surface area contributed by atoms with Crippen molar-refractivity contribution in [3.05, 3.63) is 34.1 Å². The molecule has 2 rings (SSSR count). The van der Waals surface area contributed by atoms with Crippen molar-refractivity contribution in [2.75, 3.05) is 0 Å². The number of carbonyl (C=O) groups excluding carboxylic acids is 1. The van der Waals surface area contributed by atoms with E-state index >= 15 is 0 Å². The molecule has 0 saturated heterocycles. The summed E-state index contributed by atoms with van der Waals surface area (Å²) >= 11 is 3.31. The smallest absolute Gasteiger partial charge is 0.226 e. The molecular weight excluding hydrogens is 309 g/mol. The summed E-state index contributed by atoms with van der Waals surface area (Å²) < 4.78 is 14.4. The van der Waals surface area contributed by atoms with Crippen molar-refractivity contribution in [2.24, 2.45) is 5.41 Å². The summed E-state index contributed by atoms with van der Waals surface area (Å²) in [5, 5.41) is 2.88. The minimum Gasteiger partial charge on any atom is -0.351 e. The highest BCUT2D eigenvalue weighted by Crippen LogP contribution is 2.35. The second kappa shape index (κ2) is 6.04. The number of carbonyl (C=O) groups is 1. The number of nitrogens with one attached hydrogen (secondary N) is 1. The normalized spacial score (nSPS) is 18.1. The van der Waals surface area contributed by atoms with E-state index in [9.17, 15) is 9.18 Å². The topological polar surface area (TPSA) is 29.1 Å². The second-order valence-electron chi connectivity index (χ2n) is 5.54. The molecule has 1 aromatic carbocycles. The predicted octanol–water partition coefficient (Wildman–Crippen LogP) is 4.17. The Hall–Kier alpha value is -0.900. The van der Waals surface area contributed by atoms with Gasteiger partial charge in [0.1, 0.15) is 5.82 Å². The standard InChI is InChI=1S/C15H19BrFNO/c1-15(7-3-2-4-8-15)14(19)18-10-11-9-12(16)5-6-13(11)17/h5-6,9H,2-4,7-8,10H2,1H3,(H,18,19). The van der Waals surface area contributed by atoms with Gasteiger partial charge in [0.25, 0.3) is 0 Å². The van der Waals surface area contributed by atoms with Gasteiger partial charge in [-0.1, -0.05) is 42.1 Å². The van der Waals surface area contributed by atoms with E-state index in [4.69, 9.17) is 0 Å². The van der Waals surface area contributed by atoms with Gasteiger partial charge in [-0.2, -0.15) is 0 Å². The van der Waals surface area contributed by atoms with Gasteiger partial charge in [0.05, 0.1) is 0 Å². The van der Waals surface area contributed by atoms with Crippen molar-refractivity contribution in [1.29, 1.82) is 0 Å². The van der Waals surface area contributed by atoms with Crippen LogP contribution in [0.15, 0.2) is 22.7 Å². The zero-order valence-corrected chi connectivity index (χ0v) is 12.7. The molecule has 1 aliphatic carbocycles. The first-order valence-electron chi connectivity index (χ1n) is 6.73. The van der Waals surface area contributed by atoms with Crippen LogP contribution in [0.1, 0.15) is 44.6 Å². The maximum absolute atomic E-state index is 13.6. The van der Waals surface area contributed by atoms with Crippen molar-refractivity contribution in [3.8, 4) is 0 Å². The van der Waals surface area contributed by atoms with Gasteiger partial charge in [-0.25, -0.2) is 4.39 Å². The number of amides is 1. The summed E-state index contributed by atoms with van der Waals surface area (Å²) in [5.41, 5.74) is 0.239. The van der Waals surface area contributed by atoms with Gasteiger partial charge >= 0.3 is 0 Å². The lowest BCUT2D eigenvalue weighted by Crippen LogP contribution is -2.40. The number of hydrogen-bond donors (Lipinski definition) is 1. The van der Waals surface area contributed by atoms with Crippen molar-refractivity contribution in [2.45, 2.75) is 45.6 Å². The average molecular weight is 328 g/mol. The first-order valence-corrected chi connectivity index (χ1v) is 7.53. The van der Waals surface area contributed by atoms with Crippen LogP contribution in [0, 0.1) is 11.2 Å². The Morgan fingerprint density at radius 1 is 1.37 bits per heavy atom. The molecule has 0 aliphatic heterocycles. The molecule has 1 aliphatic rings. The molecule has 0 spiro atoms. The lowest BCUT2D eigenvalue weighted by molar-refractivity contribution is -0.132. The number of halogens is 2. The highest BCUT2D eigenvalue weighted by Gasteiger charge is 2.34. The highest BCUT2D eigenvalue weighted by molar-refractivity contribution is 9.10. The Morgan fingerprint density at radius 2 is 2.05 bits per heavy atom. The van der Waals surface area contributed by atoms with Crippen LogP contribution in [0.25, 0.3) is 0 Å². The van der Waals surface area contributed by atoms with E-state index in [2.05, 4.69) is 21.2 Å². The predicted molar refractivity (Wildman–Crippen MR) is 77.1 cm³/mol. The van der Waals surface area contributed by atoms with Crippen molar-refractivity contribution in [1.82, 2.24) is 5.32 Å². The van der Waals surface area contributed by atoms with Gasteiger partial charge in [0.15, 0.2) is 0 Å². The Bertz CT molecular complexity index is 469. The van der Waals surface area contributed by atoms with Crippen LogP contribution in [0.2, 0.25) is 0 Å². The lowest BCUT2D eigenvalue weighted by atomic mass is 9.75. The Kier molecular flexibility index (Phi) is 4.61. The fourth-order valence-electron chi connectivity index (χ4n) is 2.63. The molecule has 0 heterocycles. The van der Waals surface area contributed by atoms with E-state index in [0.29, 0.717) is 5.56 Å². The fraction of sp³-hybridized carbons (Fsp3) is 0.533. The summed E-state index contributed by atoms with van der Waals surface area (Å²) in [6, 6.07) is 4.77. The third-order valence-corrected chi connectivity index (χ3v) is 4.45. The Labute approximate surface area is 121 Å². The zero-order valence-electron chi connectivity index (χ0n) is 11.1. The number of benzene rings is 1. The van der Waals surface area contributed by atoms with Crippen molar-refractivity contribution < 1.29 is 9.18 Å². The molecule has 0 atom stereocenters. The van der Waals surface area contributed by atoms with E-state index in [1.54, 1.807) is 12.1 Å². The van der Waals surface area contributed by atoms with Crippen LogP contribution in [-0.4, -0.2) is 5.91 Å². The Balaban J connectivity index is 1.98. The molecule has 1 fully saturated rings. The molecule has 1 saturated carbocycles. The van der Waals surface area contributed by atoms with Crippen LogP contribution in [0.5, 0.6) is 0 Å². The van der Waals surface area contributed by atoms with E-state index in [-0.39, 0.29) is 23.7 Å². The molecule has 2 nitrogen and oxygen atoms in total. The highest BCUT2D eigenvalue weighted by atomic mass is 79.9. The van der Waals surface area contributed by atoms with Crippen LogP contribution in [-0.2, 0) is 11.3 Å². The maximum atomic E-state index is 13.6. The first kappa shape index (κ1) is 14.5. The van der Waals surface area contributed by atoms with Gasteiger partial charge < -0.3 is 5.32 Å². The number of hydrogen-bond acceptors (Lipinski definition) is 1. The summed E-state index contributed by atoms with van der Waals surface area (Å²) in [7, 11) is 0. The van der Waals surface area contributed by atoms with Crippen LogP contribution >= 0.6 is 15.9 Å². The van der Waals surface area contributed by atoms with E-state index < -0.39 is 0 Å². The largest absolute Gasteiger partial charge is 0.351 e. The minimum atomic E-state index is -0.280. The van der Waals surface area contributed by atoms with Gasteiger partial charge in [0.2, 0.25) is 5.91 Å². The quantitative estimate of drug-likeness (QED) is 0.886.